The molecule has 0 saturated carbocycles. The fourth-order valence-electron chi connectivity index (χ4n) is 1.90. The van der Waals surface area contributed by atoms with Crippen molar-refractivity contribution in [3.63, 3.8) is 0 Å². The molecule has 0 amide bonds. The molecule has 0 aliphatic heterocycles. The van der Waals surface area contributed by atoms with Gasteiger partial charge >= 0.3 is 0 Å². The van der Waals surface area contributed by atoms with Crippen LogP contribution in [0, 0.1) is 13.8 Å². The molecule has 0 radical (unpaired) electrons. The zero-order chi connectivity index (χ0) is 18.1. The van der Waals surface area contributed by atoms with E-state index in [1.54, 1.807) is 26.0 Å². The molecule has 2 aromatic carbocycles. The molecule has 0 aromatic heterocycles. The smallest absolute Gasteiger partial charge is 0.206 e. The van der Waals surface area contributed by atoms with Crippen LogP contribution in [0.2, 0.25) is 10.0 Å². The van der Waals surface area contributed by atoms with Crippen molar-refractivity contribution >= 4 is 43.2 Å². The lowest BCUT2D eigenvalue weighted by molar-refractivity contribution is 0.557. The molecule has 130 valence electrons. The first-order chi connectivity index (χ1) is 11.0. The average molecular weight is 409 g/mol. The molecule has 0 unspecified atom stereocenters. The molecule has 2 N–H and O–H groups in total. The summed E-state index contributed by atoms with van der Waals surface area (Å²) in [7, 11) is -8.26. The predicted molar refractivity (Wildman–Crippen MR) is 93.0 cm³/mol. The molecule has 0 heterocycles. The van der Waals surface area contributed by atoms with Crippen LogP contribution in [0.5, 0.6) is 0 Å². The van der Waals surface area contributed by atoms with Crippen molar-refractivity contribution in [1.29, 1.82) is 0 Å². The average Bonchev–Trinajstić information content (AvgIpc) is 2.47. The standard InChI is InChI=1S/C14H14Cl2N2O4S2/c1-9-3-4-10(2)14(5-9)24(21,22)18-17-23(19,20)13-7-11(15)6-12(16)8-13/h3-8,17-18H,1-2H3. The minimum absolute atomic E-state index is 0.0191. The Morgan fingerprint density at radius 2 is 1.33 bits per heavy atom. The Labute approximate surface area is 150 Å². The molecule has 0 spiro atoms. The number of halogens is 2. The number of sulfonamides is 2. The topological polar surface area (TPSA) is 92.3 Å². The van der Waals surface area contributed by atoms with Gasteiger partial charge in [0.2, 0.25) is 0 Å². The van der Waals surface area contributed by atoms with Gasteiger partial charge in [0.05, 0.1) is 9.79 Å². The van der Waals surface area contributed by atoms with Gasteiger partial charge in [-0.3, -0.25) is 0 Å². The predicted octanol–water partition coefficient (Wildman–Crippen LogP) is 2.78. The van der Waals surface area contributed by atoms with Gasteiger partial charge in [-0.2, -0.15) is 0 Å². The highest BCUT2D eigenvalue weighted by molar-refractivity contribution is 7.92. The number of rotatable bonds is 5. The Morgan fingerprint density at radius 3 is 1.92 bits per heavy atom. The summed E-state index contributed by atoms with van der Waals surface area (Å²) in [6, 6.07) is 8.51. The van der Waals surface area contributed by atoms with E-state index in [-0.39, 0.29) is 19.8 Å². The number of nitrogens with one attached hydrogen (secondary N) is 2. The molecule has 0 fully saturated rings. The SMILES string of the molecule is Cc1ccc(C)c(S(=O)(=O)NNS(=O)(=O)c2cc(Cl)cc(Cl)c2)c1. The van der Waals surface area contributed by atoms with Crippen molar-refractivity contribution in [2.45, 2.75) is 23.6 Å². The second-order valence-electron chi connectivity index (χ2n) is 5.09. The number of benzene rings is 2. The molecule has 10 heteroatoms. The molecule has 2 aromatic rings. The van der Waals surface area contributed by atoms with E-state index in [9.17, 15) is 16.8 Å². The molecule has 0 bridgehead atoms. The Hall–Kier alpha value is -1.16. The van der Waals surface area contributed by atoms with Crippen molar-refractivity contribution in [3.8, 4) is 0 Å². The van der Waals surface area contributed by atoms with Crippen molar-refractivity contribution < 1.29 is 16.8 Å². The van der Waals surface area contributed by atoms with Gasteiger partial charge in [-0.15, -0.1) is 9.66 Å². The van der Waals surface area contributed by atoms with Crippen LogP contribution in [0.4, 0.5) is 0 Å². The highest BCUT2D eigenvalue weighted by atomic mass is 35.5. The van der Waals surface area contributed by atoms with E-state index >= 15 is 0 Å². The van der Waals surface area contributed by atoms with E-state index in [4.69, 9.17) is 23.2 Å². The Kier molecular flexibility index (Phi) is 5.58. The minimum Gasteiger partial charge on any atom is -0.206 e. The third kappa shape index (κ3) is 4.47. The fourth-order valence-corrected chi connectivity index (χ4v) is 5.06. The van der Waals surface area contributed by atoms with Crippen LogP contribution in [0.3, 0.4) is 0 Å². The van der Waals surface area contributed by atoms with Gasteiger partial charge in [-0.05, 0) is 49.2 Å². The summed E-state index contributed by atoms with van der Waals surface area (Å²) < 4.78 is 49.1. The monoisotopic (exact) mass is 408 g/mol. The highest BCUT2D eigenvalue weighted by Gasteiger charge is 2.22. The lowest BCUT2D eigenvalue weighted by atomic mass is 10.2. The summed E-state index contributed by atoms with van der Waals surface area (Å²) in [6.07, 6.45) is 0. The van der Waals surface area contributed by atoms with Crippen LogP contribution < -0.4 is 9.66 Å². The summed E-state index contributed by atoms with van der Waals surface area (Å²) in [4.78, 5) is 3.42. The maximum absolute atomic E-state index is 12.3. The molecule has 6 nitrogen and oxygen atoms in total. The van der Waals surface area contributed by atoms with E-state index in [1.807, 2.05) is 9.66 Å². The van der Waals surface area contributed by atoms with Crippen molar-refractivity contribution in [2.24, 2.45) is 0 Å². The van der Waals surface area contributed by atoms with Crippen LogP contribution in [0.15, 0.2) is 46.2 Å². The van der Waals surface area contributed by atoms with Gasteiger partial charge in [0.25, 0.3) is 20.0 Å². The Balaban J connectivity index is 2.30. The number of hydrogen-bond donors (Lipinski definition) is 2. The highest BCUT2D eigenvalue weighted by Crippen LogP contribution is 2.22. The third-order valence-electron chi connectivity index (χ3n) is 3.09. The second kappa shape index (κ2) is 6.99. The van der Waals surface area contributed by atoms with Crippen LogP contribution in [-0.2, 0) is 20.0 Å². The molecule has 2 rings (SSSR count). The zero-order valence-electron chi connectivity index (χ0n) is 12.7. The van der Waals surface area contributed by atoms with Gasteiger partial charge < -0.3 is 0 Å². The van der Waals surface area contributed by atoms with Gasteiger partial charge in [-0.25, -0.2) is 16.8 Å². The first-order valence-electron chi connectivity index (χ1n) is 6.58. The Morgan fingerprint density at radius 1 is 0.792 bits per heavy atom. The molecular weight excluding hydrogens is 395 g/mol. The number of hydrogen-bond acceptors (Lipinski definition) is 4. The lowest BCUT2D eigenvalue weighted by Gasteiger charge is -2.12. The van der Waals surface area contributed by atoms with Crippen LogP contribution in [0.1, 0.15) is 11.1 Å². The molecule has 0 aliphatic carbocycles. The summed E-state index contributed by atoms with van der Waals surface area (Å²) in [5.41, 5.74) is 1.21. The van der Waals surface area contributed by atoms with Crippen molar-refractivity contribution in [2.75, 3.05) is 0 Å². The molecule has 0 aliphatic rings. The Bertz CT molecular complexity index is 970. The maximum Gasteiger partial charge on any atom is 0.254 e. The molecular formula is C14H14Cl2N2O4S2. The minimum atomic E-state index is -4.18. The molecule has 24 heavy (non-hydrogen) atoms. The number of aryl methyl sites for hydroxylation is 2. The fraction of sp³-hybridized carbons (Fsp3) is 0.143. The van der Waals surface area contributed by atoms with Crippen molar-refractivity contribution in [1.82, 2.24) is 9.66 Å². The van der Waals surface area contributed by atoms with E-state index in [0.29, 0.717) is 5.56 Å². The van der Waals surface area contributed by atoms with Crippen LogP contribution in [0.25, 0.3) is 0 Å². The lowest BCUT2D eigenvalue weighted by Crippen LogP contribution is -2.41. The second-order valence-corrected chi connectivity index (χ2v) is 9.29. The van der Waals surface area contributed by atoms with Crippen molar-refractivity contribution in [3.05, 3.63) is 57.6 Å². The number of hydrazine groups is 1. The summed E-state index contributed by atoms with van der Waals surface area (Å²) in [6.45, 7) is 3.34. The van der Waals surface area contributed by atoms with Gasteiger partial charge in [0, 0.05) is 10.0 Å². The van der Waals surface area contributed by atoms with E-state index in [0.717, 1.165) is 17.7 Å². The van der Waals surface area contributed by atoms with E-state index in [1.165, 1.54) is 12.1 Å². The van der Waals surface area contributed by atoms with Crippen LogP contribution >= 0.6 is 23.2 Å². The summed E-state index contributed by atoms with van der Waals surface area (Å²) >= 11 is 11.5. The normalized spacial score (nSPS) is 12.3. The van der Waals surface area contributed by atoms with E-state index < -0.39 is 20.0 Å². The van der Waals surface area contributed by atoms with Crippen LogP contribution in [-0.4, -0.2) is 16.8 Å². The largest absolute Gasteiger partial charge is 0.254 e. The molecule has 0 atom stereocenters. The summed E-state index contributed by atoms with van der Waals surface area (Å²) in [5, 5.41) is 0.223. The maximum atomic E-state index is 12.3. The summed E-state index contributed by atoms with van der Waals surface area (Å²) in [5.74, 6) is 0. The zero-order valence-corrected chi connectivity index (χ0v) is 15.8. The quantitative estimate of drug-likeness (QED) is 0.743. The van der Waals surface area contributed by atoms with E-state index in [2.05, 4.69) is 0 Å². The first-order valence-corrected chi connectivity index (χ1v) is 10.3. The van der Waals surface area contributed by atoms with Gasteiger partial charge in [0.1, 0.15) is 0 Å². The third-order valence-corrected chi connectivity index (χ3v) is 6.27. The first kappa shape index (κ1) is 19.2. The van der Waals surface area contributed by atoms with Gasteiger partial charge in [0.15, 0.2) is 0 Å². The van der Waals surface area contributed by atoms with Gasteiger partial charge in [-0.1, -0.05) is 35.3 Å². The molecule has 0 saturated heterocycles.